The topological polar surface area (TPSA) is 130 Å². The largest absolute Gasteiger partial charge is 0.481 e. The summed E-state index contributed by atoms with van der Waals surface area (Å²) in [5.74, 6) is -2.46. The molecule has 2 aromatic rings. The number of benzene rings is 2. The van der Waals surface area contributed by atoms with Gasteiger partial charge in [-0.05, 0) is 22.3 Å². The first-order valence-electron chi connectivity index (χ1n) is 10.6. The highest BCUT2D eigenvalue weighted by Gasteiger charge is 2.33. The molecule has 9 nitrogen and oxygen atoms in total. The Balaban J connectivity index is 1.42. The molecule has 2 aromatic carbocycles. The highest BCUT2D eigenvalue weighted by atomic mass is 32.2. The Kier molecular flexibility index (Phi) is 6.37. The van der Waals surface area contributed by atoms with Crippen LogP contribution in [0.15, 0.2) is 48.5 Å². The quantitative estimate of drug-likeness (QED) is 0.653. The van der Waals surface area contributed by atoms with Crippen LogP contribution in [0.3, 0.4) is 0 Å². The molecule has 0 spiro atoms. The molecule has 1 atom stereocenters. The minimum atomic E-state index is -3.21. The van der Waals surface area contributed by atoms with Gasteiger partial charge in [-0.15, -0.1) is 0 Å². The zero-order chi connectivity index (χ0) is 23.6. The van der Waals surface area contributed by atoms with Crippen LogP contribution in [0.5, 0.6) is 0 Å². The van der Waals surface area contributed by atoms with Crippen molar-refractivity contribution in [1.82, 2.24) is 10.2 Å². The lowest BCUT2D eigenvalue weighted by Crippen LogP contribution is -2.53. The van der Waals surface area contributed by atoms with Crippen LogP contribution in [0, 0.1) is 0 Å². The molecule has 10 heteroatoms. The van der Waals surface area contributed by atoms with Crippen LogP contribution in [-0.2, 0) is 24.2 Å². The van der Waals surface area contributed by atoms with Crippen molar-refractivity contribution in [2.75, 3.05) is 31.2 Å². The summed E-state index contributed by atoms with van der Waals surface area (Å²) >= 11 is 0. The molecule has 2 N–H and O–H groups in total. The summed E-state index contributed by atoms with van der Waals surface area (Å²) in [5, 5.41) is 11.5. The van der Waals surface area contributed by atoms with Gasteiger partial charge in [0.05, 0.1) is 17.9 Å². The van der Waals surface area contributed by atoms with Gasteiger partial charge in [0.15, 0.2) is 9.84 Å². The number of carbonyl (C=O) groups excluding carboxylic acids is 2. The highest BCUT2D eigenvalue weighted by molar-refractivity contribution is 7.91. The van der Waals surface area contributed by atoms with Crippen LogP contribution in [0.25, 0.3) is 11.1 Å². The van der Waals surface area contributed by atoms with Gasteiger partial charge in [-0.2, -0.15) is 0 Å². The fraction of sp³-hybridized carbons (Fsp3) is 0.348. The van der Waals surface area contributed by atoms with Gasteiger partial charge in [0.1, 0.15) is 12.6 Å². The lowest BCUT2D eigenvalue weighted by molar-refractivity contribution is -0.142. The number of nitrogens with zero attached hydrogens (tertiary/aromatic N) is 1. The third-order valence-corrected chi connectivity index (χ3v) is 7.58. The minimum Gasteiger partial charge on any atom is -0.481 e. The number of hydrogen-bond donors (Lipinski definition) is 2. The number of amides is 2. The smallest absolute Gasteiger partial charge is 0.407 e. The van der Waals surface area contributed by atoms with Crippen LogP contribution in [0.1, 0.15) is 23.5 Å². The molecule has 2 amide bonds. The standard InChI is InChI=1S/C23H24N2O7S/c26-21(27)13-20(22(28)25-9-11-33(30,31)12-10-25)24-23(29)32-14-19-17-7-3-1-5-15(17)16-6-2-4-8-18(16)19/h1-8,19-20H,9-14H2,(H,24,29)(H,26,27). The Morgan fingerprint density at radius 1 is 1.00 bits per heavy atom. The second-order valence-corrected chi connectivity index (χ2v) is 10.4. The maximum atomic E-state index is 12.8. The number of hydrogen-bond acceptors (Lipinski definition) is 6. The number of fused-ring (bicyclic) bond motifs is 3. The number of ether oxygens (including phenoxy) is 1. The van der Waals surface area contributed by atoms with Crippen molar-refractivity contribution in [3.63, 3.8) is 0 Å². The van der Waals surface area contributed by atoms with Gasteiger partial charge in [0.25, 0.3) is 0 Å². The third-order valence-electron chi connectivity index (χ3n) is 5.97. The van der Waals surface area contributed by atoms with E-state index in [9.17, 15) is 27.9 Å². The van der Waals surface area contributed by atoms with E-state index >= 15 is 0 Å². The second kappa shape index (κ2) is 9.22. The third kappa shape index (κ3) is 5.00. The molecule has 174 valence electrons. The Hall–Kier alpha value is -3.40. The number of carbonyl (C=O) groups is 3. The average Bonchev–Trinajstić information content (AvgIpc) is 3.10. The van der Waals surface area contributed by atoms with Gasteiger partial charge in [-0.3, -0.25) is 9.59 Å². The predicted octanol–water partition coefficient (Wildman–Crippen LogP) is 1.63. The molecule has 0 bridgehead atoms. The summed E-state index contributed by atoms with van der Waals surface area (Å²) in [4.78, 5) is 37.8. The highest BCUT2D eigenvalue weighted by Crippen LogP contribution is 2.44. The van der Waals surface area contributed by atoms with E-state index in [2.05, 4.69) is 5.32 Å². The Morgan fingerprint density at radius 3 is 2.09 bits per heavy atom. The Bertz CT molecular complexity index is 1140. The molecule has 1 aliphatic heterocycles. The molecule has 0 saturated carbocycles. The van der Waals surface area contributed by atoms with E-state index in [0.717, 1.165) is 22.3 Å². The molecule has 1 heterocycles. The first kappa shape index (κ1) is 22.8. The normalized spacial score (nSPS) is 17.5. The van der Waals surface area contributed by atoms with E-state index in [1.54, 1.807) is 0 Å². The maximum Gasteiger partial charge on any atom is 0.407 e. The number of carboxylic acid groups (broad SMARTS) is 1. The van der Waals surface area contributed by atoms with Crippen LogP contribution >= 0.6 is 0 Å². The van der Waals surface area contributed by atoms with Crippen LogP contribution < -0.4 is 5.32 Å². The molecule has 2 aliphatic rings. The van der Waals surface area contributed by atoms with Crippen LogP contribution in [0.2, 0.25) is 0 Å². The van der Waals surface area contributed by atoms with Crippen LogP contribution in [0.4, 0.5) is 4.79 Å². The lowest BCUT2D eigenvalue weighted by Gasteiger charge is -2.30. The monoisotopic (exact) mass is 472 g/mol. The fourth-order valence-electron chi connectivity index (χ4n) is 4.31. The van der Waals surface area contributed by atoms with Crippen molar-refractivity contribution in [1.29, 1.82) is 0 Å². The molecular weight excluding hydrogens is 448 g/mol. The summed E-state index contributed by atoms with van der Waals surface area (Å²) in [5.41, 5.74) is 4.19. The summed E-state index contributed by atoms with van der Waals surface area (Å²) in [6, 6.07) is 14.3. The molecule has 1 unspecified atom stereocenters. The first-order chi connectivity index (χ1) is 15.7. The summed E-state index contributed by atoms with van der Waals surface area (Å²) in [6.07, 6.45) is -1.53. The van der Waals surface area contributed by atoms with Crippen molar-refractivity contribution in [2.45, 2.75) is 18.4 Å². The van der Waals surface area contributed by atoms with E-state index in [1.165, 1.54) is 4.90 Å². The molecule has 0 radical (unpaired) electrons. The molecule has 1 fully saturated rings. The molecular formula is C23H24N2O7S. The van der Waals surface area contributed by atoms with Crippen molar-refractivity contribution in [2.24, 2.45) is 0 Å². The minimum absolute atomic E-state index is 0.0236. The van der Waals surface area contributed by atoms with E-state index < -0.39 is 40.3 Å². The van der Waals surface area contributed by atoms with Gasteiger partial charge < -0.3 is 20.1 Å². The van der Waals surface area contributed by atoms with Gasteiger partial charge in [0, 0.05) is 19.0 Å². The zero-order valence-electron chi connectivity index (χ0n) is 17.8. The van der Waals surface area contributed by atoms with Crippen molar-refractivity contribution >= 4 is 27.8 Å². The molecule has 1 aliphatic carbocycles. The second-order valence-electron chi connectivity index (χ2n) is 8.10. The van der Waals surface area contributed by atoms with Crippen molar-refractivity contribution < 1.29 is 32.6 Å². The molecule has 0 aromatic heterocycles. The number of sulfone groups is 1. The number of alkyl carbamates (subject to hydrolysis) is 1. The van der Waals surface area contributed by atoms with Crippen LogP contribution in [-0.4, -0.2) is 73.6 Å². The molecule has 1 saturated heterocycles. The fourth-order valence-corrected chi connectivity index (χ4v) is 5.51. The lowest BCUT2D eigenvalue weighted by atomic mass is 9.98. The van der Waals surface area contributed by atoms with Gasteiger partial charge in [-0.25, -0.2) is 13.2 Å². The van der Waals surface area contributed by atoms with E-state index in [0.29, 0.717) is 0 Å². The Labute approximate surface area is 191 Å². The number of rotatable bonds is 6. The van der Waals surface area contributed by atoms with Gasteiger partial charge in [0.2, 0.25) is 5.91 Å². The predicted molar refractivity (Wildman–Crippen MR) is 119 cm³/mol. The number of nitrogens with one attached hydrogen (secondary N) is 1. The zero-order valence-corrected chi connectivity index (χ0v) is 18.6. The van der Waals surface area contributed by atoms with E-state index in [1.807, 2.05) is 48.5 Å². The molecule has 33 heavy (non-hydrogen) atoms. The summed E-state index contributed by atoms with van der Waals surface area (Å²) in [6.45, 7) is -0.0525. The average molecular weight is 473 g/mol. The summed E-state index contributed by atoms with van der Waals surface area (Å²) < 4.78 is 28.6. The van der Waals surface area contributed by atoms with Gasteiger partial charge >= 0.3 is 12.1 Å². The van der Waals surface area contributed by atoms with E-state index in [-0.39, 0.29) is 37.1 Å². The number of carboxylic acids is 1. The van der Waals surface area contributed by atoms with E-state index in [4.69, 9.17) is 4.74 Å². The molecule has 4 rings (SSSR count). The number of aliphatic carboxylic acids is 1. The maximum absolute atomic E-state index is 12.8. The van der Waals surface area contributed by atoms with Crippen molar-refractivity contribution in [3.05, 3.63) is 59.7 Å². The Morgan fingerprint density at radius 2 is 1.55 bits per heavy atom. The first-order valence-corrected chi connectivity index (χ1v) is 12.4. The summed E-state index contributed by atoms with van der Waals surface area (Å²) in [7, 11) is -3.21. The SMILES string of the molecule is O=C(O)CC(NC(=O)OCC1c2ccccc2-c2ccccc21)C(=O)N1CCS(=O)(=O)CC1. The van der Waals surface area contributed by atoms with Gasteiger partial charge in [-0.1, -0.05) is 48.5 Å². The van der Waals surface area contributed by atoms with Crippen molar-refractivity contribution in [3.8, 4) is 11.1 Å².